The van der Waals surface area contributed by atoms with E-state index in [0.717, 1.165) is 74.2 Å². The standard InChI is InChI=1S/C46H46ClN7O5S2/c47-37-12-15-41(34-7-3-1-4-8-34)36(27-37)30-53-20-17-33(18-21-53)35-11-14-42-44(28-35)48-32-49-46(42)51-61(57,58)40-13-16-43(45(29-40)54(55)56)50-38(19-22-52-23-25-59-26-24-52)31-60-39-9-5-2-6-10-39/h1-17,27-29,32,38,50H,18-26,30-31H2,(H,48,49,51). The van der Waals surface area contributed by atoms with Gasteiger partial charge in [-0.2, -0.15) is 0 Å². The van der Waals surface area contributed by atoms with Gasteiger partial charge in [0.25, 0.3) is 15.7 Å². The molecule has 2 N–H and O–H groups in total. The van der Waals surface area contributed by atoms with Crippen LogP contribution in [0.25, 0.3) is 27.6 Å². The third kappa shape index (κ3) is 10.8. The van der Waals surface area contributed by atoms with E-state index in [1.807, 2.05) is 78.9 Å². The Bertz CT molecular complexity index is 2630. The van der Waals surface area contributed by atoms with Crippen LogP contribution in [0.2, 0.25) is 5.02 Å². The second-order valence-electron chi connectivity index (χ2n) is 15.1. The number of fused-ring (bicyclic) bond motifs is 1. The van der Waals surface area contributed by atoms with Crippen LogP contribution in [0.5, 0.6) is 0 Å². The Morgan fingerprint density at radius 1 is 0.869 bits per heavy atom. The molecule has 8 rings (SSSR count). The van der Waals surface area contributed by atoms with E-state index in [2.05, 4.69) is 54.1 Å². The lowest BCUT2D eigenvalue weighted by molar-refractivity contribution is -0.384. The van der Waals surface area contributed by atoms with Crippen molar-refractivity contribution in [3.8, 4) is 11.1 Å². The topological polar surface area (TPSA) is 143 Å². The van der Waals surface area contributed by atoms with Gasteiger partial charge in [0, 0.05) is 72.4 Å². The normalized spacial score (nSPS) is 15.6. The maximum Gasteiger partial charge on any atom is 0.293 e. The van der Waals surface area contributed by atoms with Gasteiger partial charge in [-0.25, -0.2) is 18.4 Å². The summed E-state index contributed by atoms with van der Waals surface area (Å²) >= 11 is 8.10. The summed E-state index contributed by atoms with van der Waals surface area (Å²) in [5, 5.41) is 17.0. The van der Waals surface area contributed by atoms with Crippen LogP contribution >= 0.6 is 23.4 Å². The molecule has 12 nitrogen and oxygen atoms in total. The largest absolute Gasteiger partial charge is 0.379 e. The molecule has 15 heteroatoms. The summed E-state index contributed by atoms with van der Waals surface area (Å²) in [6.45, 7) is 6.19. The SMILES string of the molecule is O=[N+]([O-])c1cc(S(=O)(=O)Nc2ncnc3cc(C4=CCN(Cc5cc(Cl)ccc5-c5ccccc5)CC4)ccc23)ccc1NC(CCN1CCOCC1)CSc1ccccc1. The van der Waals surface area contributed by atoms with Crippen molar-refractivity contribution >= 4 is 67.1 Å². The predicted octanol–water partition coefficient (Wildman–Crippen LogP) is 9.24. The molecule has 2 aliphatic heterocycles. The minimum absolute atomic E-state index is 0.0852. The summed E-state index contributed by atoms with van der Waals surface area (Å²) in [4.78, 5) is 26.2. The zero-order valence-electron chi connectivity index (χ0n) is 33.5. The zero-order valence-corrected chi connectivity index (χ0v) is 35.8. The Kier molecular flexibility index (Phi) is 13.6. The number of sulfonamides is 1. The van der Waals surface area contributed by atoms with Crippen molar-refractivity contribution in [1.29, 1.82) is 0 Å². The quantitative estimate of drug-likeness (QED) is 0.0546. The minimum Gasteiger partial charge on any atom is -0.379 e. The molecule has 61 heavy (non-hydrogen) atoms. The van der Waals surface area contributed by atoms with E-state index in [1.165, 1.54) is 35.2 Å². The van der Waals surface area contributed by atoms with Crippen LogP contribution < -0.4 is 10.0 Å². The van der Waals surface area contributed by atoms with Gasteiger partial charge in [-0.05, 0) is 89.2 Å². The number of anilines is 2. The third-order valence-corrected chi connectivity index (χ3v) is 13.8. The van der Waals surface area contributed by atoms with Crippen molar-refractivity contribution < 1.29 is 18.1 Å². The van der Waals surface area contributed by atoms with Crippen molar-refractivity contribution in [2.24, 2.45) is 0 Å². The predicted molar refractivity (Wildman–Crippen MR) is 245 cm³/mol. The molecule has 6 aromatic rings. The van der Waals surface area contributed by atoms with Gasteiger partial charge in [-0.1, -0.05) is 78.3 Å². The smallest absolute Gasteiger partial charge is 0.293 e. The first kappa shape index (κ1) is 42.3. The molecule has 2 aliphatic rings. The van der Waals surface area contributed by atoms with Gasteiger partial charge < -0.3 is 10.1 Å². The Hall–Kier alpha value is -5.35. The Morgan fingerprint density at radius 3 is 2.41 bits per heavy atom. The fraction of sp³-hybridized carbons (Fsp3) is 0.261. The fourth-order valence-electron chi connectivity index (χ4n) is 7.72. The van der Waals surface area contributed by atoms with E-state index in [9.17, 15) is 18.5 Å². The molecule has 0 saturated carbocycles. The van der Waals surface area contributed by atoms with Gasteiger partial charge in [0.2, 0.25) is 0 Å². The number of nitrogens with zero attached hydrogens (tertiary/aromatic N) is 5. The van der Waals surface area contributed by atoms with Gasteiger partial charge >= 0.3 is 0 Å². The first-order valence-corrected chi connectivity index (χ1v) is 23.1. The maximum absolute atomic E-state index is 13.8. The highest BCUT2D eigenvalue weighted by Gasteiger charge is 2.25. The molecular weight excluding hydrogens is 830 g/mol. The molecule has 0 amide bonds. The average molecular weight is 877 g/mol. The van der Waals surface area contributed by atoms with E-state index >= 15 is 0 Å². The number of ether oxygens (including phenoxy) is 1. The first-order valence-electron chi connectivity index (χ1n) is 20.2. The number of rotatable bonds is 16. The lowest BCUT2D eigenvalue weighted by Crippen LogP contribution is -2.39. The second kappa shape index (κ2) is 19.6. The van der Waals surface area contributed by atoms with Gasteiger partial charge in [0.15, 0.2) is 5.82 Å². The van der Waals surface area contributed by atoms with Crippen molar-refractivity contribution in [2.75, 3.05) is 61.7 Å². The molecule has 1 unspecified atom stereocenters. The van der Waals surface area contributed by atoms with E-state index in [0.29, 0.717) is 34.9 Å². The van der Waals surface area contributed by atoms with Gasteiger partial charge in [-0.15, -0.1) is 11.8 Å². The molecule has 0 aliphatic carbocycles. The number of halogens is 1. The molecule has 0 radical (unpaired) electrons. The van der Waals surface area contributed by atoms with Crippen LogP contribution in [-0.4, -0.2) is 90.8 Å². The van der Waals surface area contributed by atoms with Crippen LogP contribution in [0.15, 0.2) is 137 Å². The maximum atomic E-state index is 13.8. The van der Waals surface area contributed by atoms with Gasteiger partial charge in [0.1, 0.15) is 12.0 Å². The number of hydrogen-bond acceptors (Lipinski definition) is 11. The fourth-order valence-corrected chi connectivity index (χ4v) is 9.96. The Balaban J connectivity index is 0.959. The highest BCUT2D eigenvalue weighted by Crippen LogP contribution is 2.34. The number of aromatic nitrogens is 2. The summed E-state index contributed by atoms with van der Waals surface area (Å²) < 4.78 is 35.7. The Labute approximate surface area is 365 Å². The second-order valence-corrected chi connectivity index (χ2v) is 18.3. The number of nitro groups is 1. The molecule has 1 atom stereocenters. The van der Waals surface area contributed by atoms with Crippen molar-refractivity contribution in [2.45, 2.75) is 35.2 Å². The van der Waals surface area contributed by atoms with Crippen LogP contribution in [0.4, 0.5) is 17.2 Å². The number of morpholine rings is 1. The molecule has 0 spiro atoms. The summed E-state index contributed by atoms with van der Waals surface area (Å²) in [5.74, 6) is 0.743. The summed E-state index contributed by atoms with van der Waals surface area (Å²) in [5.41, 5.74) is 6.17. The average Bonchev–Trinajstić information content (AvgIpc) is 3.28. The van der Waals surface area contributed by atoms with Crippen LogP contribution in [0, 0.1) is 10.1 Å². The summed E-state index contributed by atoms with van der Waals surface area (Å²) in [6.07, 6.45) is 5.09. The van der Waals surface area contributed by atoms with E-state index in [1.54, 1.807) is 11.8 Å². The lowest BCUT2D eigenvalue weighted by atomic mass is 9.96. The highest BCUT2D eigenvalue weighted by molar-refractivity contribution is 7.99. The summed E-state index contributed by atoms with van der Waals surface area (Å²) in [7, 11) is -4.28. The number of nitrogens with one attached hydrogen (secondary N) is 2. The number of hydrogen-bond donors (Lipinski definition) is 2. The number of thioether (sulfide) groups is 1. The Morgan fingerprint density at radius 2 is 1.66 bits per heavy atom. The molecular formula is C46H46ClN7O5S2. The molecule has 1 saturated heterocycles. The number of nitro benzene ring substituents is 1. The van der Waals surface area contributed by atoms with E-state index in [4.69, 9.17) is 16.3 Å². The molecule has 5 aromatic carbocycles. The van der Waals surface area contributed by atoms with E-state index in [-0.39, 0.29) is 28.1 Å². The van der Waals surface area contributed by atoms with Crippen molar-refractivity contribution in [3.05, 3.63) is 154 Å². The van der Waals surface area contributed by atoms with Crippen LogP contribution in [0.1, 0.15) is 24.0 Å². The van der Waals surface area contributed by atoms with Crippen molar-refractivity contribution in [3.63, 3.8) is 0 Å². The molecule has 1 aromatic heterocycles. The highest BCUT2D eigenvalue weighted by atomic mass is 35.5. The zero-order chi connectivity index (χ0) is 42.2. The summed E-state index contributed by atoms with van der Waals surface area (Å²) in [6, 6.07) is 35.9. The monoisotopic (exact) mass is 875 g/mol. The lowest BCUT2D eigenvalue weighted by Gasteiger charge is -2.29. The van der Waals surface area contributed by atoms with Gasteiger partial charge in [0.05, 0.1) is 28.5 Å². The van der Waals surface area contributed by atoms with Crippen LogP contribution in [0.3, 0.4) is 0 Å². The minimum atomic E-state index is -4.28. The van der Waals surface area contributed by atoms with Crippen molar-refractivity contribution in [1.82, 2.24) is 19.8 Å². The number of benzene rings is 5. The molecule has 314 valence electrons. The van der Waals surface area contributed by atoms with E-state index < -0.39 is 14.9 Å². The van der Waals surface area contributed by atoms with Gasteiger partial charge in [-0.3, -0.25) is 24.6 Å². The molecule has 0 bridgehead atoms. The first-order chi connectivity index (χ1) is 29.7. The van der Waals surface area contributed by atoms with Crippen LogP contribution in [-0.2, 0) is 21.3 Å². The third-order valence-electron chi connectivity index (χ3n) is 11.0. The molecule has 3 heterocycles. The molecule has 1 fully saturated rings.